The molecular formula is C22H28N2O3. The Morgan fingerprint density at radius 1 is 1.07 bits per heavy atom. The molecule has 0 saturated carbocycles. The van der Waals surface area contributed by atoms with Crippen molar-refractivity contribution in [1.82, 2.24) is 10.2 Å². The molecule has 0 radical (unpaired) electrons. The summed E-state index contributed by atoms with van der Waals surface area (Å²) >= 11 is 0. The number of morpholine rings is 1. The third kappa shape index (κ3) is 5.08. The molecule has 1 aliphatic rings. The van der Waals surface area contributed by atoms with Crippen LogP contribution < -0.4 is 10.1 Å². The van der Waals surface area contributed by atoms with E-state index in [4.69, 9.17) is 9.47 Å². The highest BCUT2D eigenvalue weighted by atomic mass is 16.5. The number of methoxy groups -OCH3 is 1. The summed E-state index contributed by atoms with van der Waals surface area (Å²) in [6.45, 7) is 6.77. The van der Waals surface area contributed by atoms with Crippen LogP contribution in [0.1, 0.15) is 35.3 Å². The Hall–Kier alpha value is -2.37. The Morgan fingerprint density at radius 3 is 2.41 bits per heavy atom. The van der Waals surface area contributed by atoms with Gasteiger partial charge in [-0.25, -0.2) is 0 Å². The van der Waals surface area contributed by atoms with Crippen molar-refractivity contribution in [2.75, 3.05) is 20.2 Å². The highest BCUT2D eigenvalue weighted by molar-refractivity contribution is 5.94. The van der Waals surface area contributed by atoms with E-state index in [2.05, 4.69) is 11.4 Å². The molecule has 0 spiro atoms. The van der Waals surface area contributed by atoms with Gasteiger partial charge in [0.05, 0.1) is 19.3 Å². The van der Waals surface area contributed by atoms with E-state index in [1.165, 1.54) is 0 Å². The number of hydrogen-bond acceptors (Lipinski definition) is 4. The highest BCUT2D eigenvalue weighted by Crippen LogP contribution is 2.17. The van der Waals surface area contributed by atoms with Gasteiger partial charge in [-0.3, -0.25) is 4.79 Å². The number of nitrogens with one attached hydrogen (secondary N) is 1. The van der Waals surface area contributed by atoms with E-state index in [0.29, 0.717) is 13.1 Å². The van der Waals surface area contributed by atoms with E-state index >= 15 is 0 Å². The average molecular weight is 368 g/mol. The molecule has 2 unspecified atom stereocenters. The van der Waals surface area contributed by atoms with Gasteiger partial charge in [0.1, 0.15) is 5.75 Å². The van der Waals surface area contributed by atoms with Gasteiger partial charge in [-0.1, -0.05) is 30.3 Å². The quantitative estimate of drug-likeness (QED) is 0.850. The predicted molar refractivity (Wildman–Crippen MR) is 106 cm³/mol. The number of hydrogen-bond donors (Lipinski definition) is 1. The topological polar surface area (TPSA) is 50.8 Å². The van der Waals surface area contributed by atoms with Crippen LogP contribution in [0.15, 0.2) is 48.5 Å². The van der Waals surface area contributed by atoms with Crippen LogP contribution >= 0.6 is 0 Å². The Morgan fingerprint density at radius 2 is 1.74 bits per heavy atom. The summed E-state index contributed by atoms with van der Waals surface area (Å²) in [5.41, 5.74) is 3.00. The van der Waals surface area contributed by atoms with Crippen molar-refractivity contribution in [2.45, 2.75) is 39.1 Å². The summed E-state index contributed by atoms with van der Waals surface area (Å²) in [6.07, 6.45) is 0.160. The molecule has 0 aliphatic carbocycles. The minimum Gasteiger partial charge on any atom is -0.496 e. The number of nitrogens with zero attached hydrogens (tertiary/aromatic N) is 1. The van der Waals surface area contributed by atoms with E-state index in [1.54, 1.807) is 7.11 Å². The fraction of sp³-hybridized carbons (Fsp3) is 0.409. The summed E-state index contributed by atoms with van der Waals surface area (Å²) in [5.74, 6) is 0.963. The molecule has 144 valence electrons. The zero-order valence-electron chi connectivity index (χ0n) is 16.3. The number of ether oxygens (including phenoxy) is 2. The number of rotatable bonds is 6. The fourth-order valence-electron chi connectivity index (χ4n) is 3.48. The van der Waals surface area contributed by atoms with Crippen molar-refractivity contribution in [1.29, 1.82) is 0 Å². The summed E-state index contributed by atoms with van der Waals surface area (Å²) in [7, 11) is 1.69. The standard InChI is InChI=1S/C22H28N2O3/c1-16-14-24(15-17(2)27-16)22(25)19-10-8-18(9-11-19)12-23-13-20-6-4-5-7-21(20)26-3/h4-11,16-17,23H,12-15H2,1-3H3. The van der Waals surface area contributed by atoms with Gasteiger partial charge in [-0.15, -0.1) is 0 Å². The van der Waals surface area contributed by atoms with Gasteiger partial charge >= 0.3 is 0 Å². The molecule has 3 rings (SSSR count). The van der Waals surface area contributed by atoms with E-state index in [9.17, 15) is 4.79 Å². The first kappa shape index (κ1) is 19.4. The van der Waals surface area contributed by atoms with Gasteiger partial charge in [0, 0.05) is 37.3 Å². The lowest BCUT2D eigenvalue weighted by molar-refractivity contribution is -0.0586. The molecule has 1 N–H and O–H groups in total. The summed E-state index contributed by atoms with van der Waals surface area (Å²) in [5, 5.41) is 3.42. The molecule has 0 aromatic heterocycles. The lowest BCUT2D eigenvalue weighted by atomic mass is 10.1. The largest absolute Gasteiger partial charge is 0.496 e. The SMILES string of the molecule is COc1ccccc1CNCc1ccc(C(=O)N2CC(C)OC(C)C2)cc1. The predicted octanol–water partition coefficient (Wildman–Crippen LogP) is 3.23. The van der Waals surface area contributed by atoms with Gasteiger partial charge in [-0.2, -0.15) is 0 Å². The first-order chi connectivity index (χ1) is 13.1. The molecule has 27 heavy (non-hydrogen) atoms. The molecule has 2 atom stereocenters. The second kappa shape index (κ2) is 9.02. The fourth-order valence-corrected chi connectivity index (χ4v) is 3.48. The zero-order valence-corrected chi connectivity index (χ0v) is 16.3. The lowest BCUT2D eigenvalue weighted by Crippen LogP contribution is -2.48. The molecule has 1 fully saturated rings. The molecule has 2 aromatic rings. The average Bonchev–Trinajstić information content (AvgIpc) is 2.67. The number of para-hydroxylation sites is 1. The van der Waals surface area contributed by atoms with Crippen molar-refractivity contribution in [2.24, 2.45) is 0 Å². The number of carbonyl (C=O) groups excluding carboxylic acids is 1. The van der Waals surface area contributed by atoms with Crippen LogP contribution in [0, 0.1) is 0 Å². The molecule has 2 aromatic carbocycles. The molecule has 5 nitrogen and oxygen atoms in total. The van der Waals surface area contributed by atoms with E-state index in [-0.39, 0.29) is 18.1 Å². The van der Waals surface area contributed by atoms with Crippen LogP contribution in [0.2, 0.25) is 0 Å². The Labute approximate surface area is 161 Å². The Balaban J connectivity index is 1.55. The molecule has 1 heterocycles. The van der Waals surface area contributed by atoms with Crippen LogP contribution in [0.3, 0.4) is 0 Å². The molecule has 1 aliphatic heterocycles. The normalized spacial score (nSPS) is 19.7. The van der Waals surface area contributed by atoms with E-state index < -0.39 is 0 Å². The van der Waals surface area contributed by atoms with Crippen LogP contribution in [-0.2, 0) is 17.8 Å². The third-order valence-electron chi connectivity index (χ3n) is 4.74. The van der Waals surface area contributed by atoms with Gasteiger partial charge in [0.2, 0.25) is 0 Å². The molecular weight excluding hydrogens is 340 g/mol. The van der Waals surface area contributed by atoms with Crippen molar-refractivity contribution in [3.05, 3.63) is 65.2 Å². The van der Waals surface area contributed by atoms with E-state index in [0.717, 1.165) is 35.5 Å². The lowest BCUT2D eigenvalue weighted by Gasteiger charge is -2.35. The van der Waals surface area contributed by atoms with Gasteiger partial charge < -0.3 is 19.7 Å². The zero-order chi connectivity index (χ0) is 19.2. The molecule has 5 heteroatoms. The van der Waals surface area contributed by atoms with E-state index in [1.807, 2.05) is 61.2 Å². The van der Waals surface area contributed by atoms with Crippen molar-refractivity contribution < 1.29 is 14.3 Å². The van der Waals surface area contributed by atoms with Gasteiger partial charge in [-0.05, 0) is 37.6 Å². The minimum absolute atomic E-state index is 0.0746. The third-order valence-corrected chi connectivity index (χ3v) is 4.74. The smallest absolute Gasteiger partial charge is 0.254 e. The van der Waals surface area contributed by atoms with Crippen LogP contribution in [-0.4, -0.2) is 43.2 Å². The first-order valence-corrected chi connectivity index (χ1v) is 9.43. The second-order valence-corrected chi connectivity index (χ2v) is 7.08. The summed E-state index contributed by atoms with van der Waals surface area (Å²) in [4.78, 5) is 14.6. The molecule has 0 bridgehead atoms. The maximum absolute atomic E-state index is 12.7. The summed E-state index contributed by atoms with van der Waals surface area (Å²) in [6, 6.07) is 15.8. The Kier molecular flexibility index (Phi) is 6.48. The first-order valence-electron chi connectivity index (χ1n) is 9.43. The number of carbonyl (C=O) groups is 1. The van der Waals surface area contributed by atoms with Crippen molar-refractivity contribution in [3.8, 4) is 5.75 Å². The van der Waals surface area contributed by atoms with Crippen LogP contribution in [0.4, 0.5) is 0 Å². The maximum Gasteiger partial charge on any atom is 0.254 e. The molecule has 1 saturated heterocycles. The second-order valence-electron chi connectivity index (χ2n) is 7.08. The highest BCUT2D eigenvalue weighted by Gasteiger charge is 2.26. The number of benzene rings is 2. The van der Waals surface area contributed by atoms with Gasteiger partial charge in [0.25, 0.3) is 5.91 Å². The number of amides is 1. The van der Waals surface area contributed by atoms with Crippen molar-refractivity contribution >= 4 is 5.91 Å². The van der Waals surface area contributed by atoms with Gasteiger partial charge in [0.15, 0.2) is 0 Å². The van der Waals surface area contributed by atoms with Crippen LogP contribution in [0.5, 0.6) is 5.75 Å². The minimum atomic E-state index is 0.0746. The molecule has 1 amide bonds. The maximum atomic E-state index is 12.7. The monoisotopic (exact) mass is 368 g/mol. The Bertz CT molecular complexity index is 750. The summed E-state index contributed by atoms with van der Waals surface area (Å²) < 4.78 is 11.1. The van der Waals surface area contributed by atoms with Crippen LogP contribution in [0.25, 0.3) is 0 Å². The van der Waals surface area contributed by atoms with Crippen molar-refractivity contribution in [3.63, 3.8) is 0 Å².